The highest BCUT2D eigenvalue weighted by Gasteiger charge is 2.21. The Labute approximate surface area is 204 Å². The third kappa shape index (κ3) is 4.60. The molecule has 3 heterocycles. The Kier molecular flexibility index (Phi) is 6.19. The molecule has 9 heteroatoms. The van der Waals surface area contributed by atoms with Gasteiger partial charge >= 0.3 is 0 Å². The molecule has 2 aromatic carbocycles. The van der Waals surface area contributed by atoms with E-state index >= 15 is 0 Å². The Morgan fingerprint density at radius 3 is 2.80 bits per heavy atom. The van der Waals surface area contributed by atoms with E-state index in [2.05, 4.69) is 32.4 Å². The second-order valence-electron chi connectivity index (χ2n) is 8.98. The van der Waals surface area contributed by atoms with Crippen LogP contribution in [0.4, 0.5) is 11.5 Å². The van der Waals surface area contributed by atoms with E-state index in [4.69, 9.17) is 0 Å². The molecule has 2 aromatic heterocycles. The van der Waals surface area contributed by atoms with Crippen LogP contribution in [0.25, 0.3) is 21.8 Å². The number of nitrogens with zero attached hydrogens (tertiary/aromatic N) is 3. The molecule has 0 radical (unpaired) electrons. The third-order valence-electron chi connectivity index (χ3n) is 6.27. The van der Waals surface area contributed by atoms with E-state index in [0.29, 0.717) is 11.3 Å². The fourth-order valence-corrected chi connectivity index (χ4v) is 5.38. The maximum absolute atomic E-state index is 12.6. The first kappa shape index (κ1) is 23.3. The molecule has 4 aromatic rings. The van der Waals surface area contributed by atoms with E-state index in [1.54, 1.807) is 32.2 Å². The molecule has 0 amide bonds. The number of hydrogen-bond acceptors (Lipinski definition) is 7. The van der Waals surface area contributed by atoms with E-state index in [9.17, 15) is 13.5 Å². The molecule has 0 spiro atoms. The lowest BCUT2D eigenvalue weighted by molar-refractivity contribution is 0.190. The van der Waals surface area contributed by atoms with Crippen LogP contribution in [0.1, 0.15) is 32.3 Å². The fourth-order valence-electron chi connectivity index (χ4n) is 4.25. The highest BCUT2D eigenvalue weighted by molar-refractivity contribution is 7.90. The van der Waals surface area contributed by atoms with Gasteiger partial charge in [-0.05, 0) is 75.7 Å². The summed E-state index contributed by atoms with van der Waals surface area (Å²) in [7, 11) is -3.44. The zero-order valence-corrected chi connectivity index (χ0v) is 20.4. The molecule has 0 saturated carbocycles. The first-order valence-corrected chi connectivity index (χ1v) is 13.1. The van der Waals surface area contributed by atoms with Gasteiger partial charge in [-0.1, -0.05) is 11.8 Å². The summed E-state index contributed by atoms with van der Waals surface area (Å²) in [6, 6.07) is 13.0. The molecule has 0 aliphatic carbocycles. The maximum atomic E-state index is 12.6. The van der Waals surface area contributed by atoms with Gasteiger partial charge in [0, 0.05) is 34.3 Å². The van der Waals surface area contributed by atoms with Crippen LogP contribution in [0.2, 0.25) is 0 Å². The number of benzene rings is 2. The predicted molar refractivity (Wildman–Crippen MR) is 138 cm³/mol. The van der Waals surface area contributed by atoms with Crippen molar-refractivity contribution in [3.05, 3.63) is 60.6 Å². The van der Waals surface area contributed by atoms with Crippen LogP contribution >= 0.6 is 0 Å². The van der Waals surface area contributed by atoms with Gasteiger partial charge in [-0.25, -0.2) is 22.4 Å². The van der Waals surface area contributed by atoms with Gasteiger partial charge in [-0.3, -0.25) is 0 Å². The van der Waals surface area contributed by atoms with Crippen molar-refractivity contribution in [1.82, 2.24) is 19.3 Å². The van der Waals surface area contributed by atoms with Gasteiger partial charge in [0.1, 0.15) is 18.2 Å². The lowest BCUT2D eigenvalue weighted by Gasteiger charge is -2.12. The number of aromatic nitrogens is 3. The molecule has 1 aliphatic heterocycles. The number of fused-ring (bicyclic) bond motifs is 2. The van der Waals surface area contributed by atoms with Crippen LogP contribution in [0, 0.1) is 11.8 Å². The summed E-state index contributed by atoms with van der Waals surface area (Å²) in [4.78, 5) is 8.77. The van der Waals surface area contributed by atoms with Gasteiger partial charge in [-0.2, -0.15) is 0 Å². The van der Waals surface area contributed by atoms with E-state index in [-0.39, 0.29) is 6.04 Å². The van der Waals surface area contributed by atoms with Crippen LogP contribution in [-0.4, -0.2) is 51.4 Å². The zero-order chi connectivity index (χ0) is 24.6. The van der Waals surface area contributed by atoms with Gasteiger partial charge in [0.05, 0.1) is 16.3 Å². The predicted octanol–water partition coefficient (Wildman–Crippen LogP) is 3.38. The SMILES string of the molecule is CC(C)S(=O)(=O)n1ccc2cc(Nc3ncnc4ccc(C#CC(O)C5CCCN5)cc34)ccc21. The topological polar surface area (TPSA) is 109 Å². The molecule has 5 rings (SSSR count). The Morgan fingerprint density at radius 2 is 2.03 bits per heavy atom. The van der Waals surface area contributed by atoms with E-state index in [0.717, 1.165) is 46.9 Å². The molecule has 1 aliphatic rings. The van der Waals surface area contributed by atoms with Crippen molar-refractivity contribution in [2.75, 3.05) is 11.9 Å². The third-order valence-corrected chi connectivity index (χ3v) is 8.32. The number of anilines is 2. The van der Waals surface area contributed by atoms with Crippen molar-refractivity contribution < 1.29 is 13.5 Å². The van der Waals surface area contributed by atoms with Crippen molar-refractivity contribution in [3.63, 3.8) is 0 Å². The minimum atomic E-state index is -3.44. The molecular formula is C26H27N5O3S. The van der Waals surface area contributed by atoms with Crippen LogP contribution in [0.15, 0.2) is 55.0 Å². The summed E-state index contributed by atoms with van der Waals surface area (Å²) < 4.78 is 26.6. The molecule has 2 atom stereocenters. The van der Waals surface area contributed by atoms with Crippen molar-refractivity contribution >= 4 is 43.3 Å². The lowest BCUT2D eigenvalue weighted by Crippen LogP contribution is -2.33. The average Bonchev–Trinajstić information content (AvgIpc) is 3.53. The van der Waals surface area contributed by atoms with Gasteiger partial charge in [0.15, 0.2) is 0 Å². The van der Waals surface area contributed by atoms with Crippen LogP contribution in [0.5, 0.6) is 0 Å². The smallest absolute Gasteiger partial charge is 0.241 e. The van der Waals surface area contributed by atoms with E-state index < -0.39 is 21.4 Å². The van der Waals surface area contributed by atoms with Crippen molar-refractivity contribution in [2.45, 2.75) is 44.1 Å². The summed E-state index contributed by atoms with van der Waals surface area (Å²) in [5.41, 5.74) is 2.93. The molecular weight excluding hydrogens is 462 g/mol. The zero-order valence-electron chi connectivity index (χ0n) is 19.6. The highest BCUT2D eigenvalue weighted by atomic mass is 32.2. The Hall–Kier alpha value is -3.45. The Bertz CT molecular complexity index is 1560. The van der Waals surface area contributed by atoms with Crippen LogP contribution in [0.3, 0.4) is 0 Å². The minimum Gasteiger partial charge on any atom is -0.379 e. The average molecular weight is 490 g/mol. The monoisotopic (exact) mass is 489 g/mol. The summed E-state index contributed by atoms with van der Waals surface area (Å²) in [5.74, 6) is 6.64. The first-order chi connectivity index (χ1) is 16.8. The highest BCUT2D eigenvalue weighted by Crippen LogP contribution is 2.28. The second kappa shape index (κ2) is 9.30. The standard InChI is InChI=1S/C26H27N5O3S/c1-17(2)35(33,34)31-13-11-19-15-20(7-9-24(19)31)30-26-21-14-18(5-8-22(21)28-16-29-26)6-10-25(32)23-4-3-12-27-23/h5,7-9,11,13-17,23,25,27,32H,3-4,12H2,1-2H3,(H,28,29,30). The number of hydrogen-bond donors (Lipinski definition) is 3. The van der Waals surface area contributed by atoms with Crippen LogP contribution < -0.4 is 10.6 Å². The van der Waals surface area contributed by atoms with Gasteiger partial charge in [-0.15, -0.1) is 0 Å². The number of nitrogens with one attached hydrogen (secondary N) is 2. The molecule has 180 valence electrons. The molecule has 35 heavy (non-hydrogen) atoms. The molecule has 1 fully saturated rings. The first-order valence-electron chi connectivity index (χ1n) is 11.6. The number of rotatable bonds is 5. The number of aliphatic hydroxyl groups excluding tert-OH is 1. The van der Waals surface area contributed by atoms with Crippen molar-refractivity contribution in [2.24, 2.45) is 0 Å². The minimum absolute atomic E-state index is 0.0174. The summed E-state index contributed by atoms with van der Waals surface area (Å²) >= 11 is 0. The largest absolute Gasteiger partial charge is 0.379 e. The van der Waals surface area contributed by atoms with Gasteiger partial charge in [0.2, 0.25) is 10.0 Å². The van der Waals surface area contributed by atoms with Crippen molar-refractivity contribution in [1.29, 1.82) is 0 Å². The summed E-state index contributed by atoms with van der Waals surface area (Å²) in [6.07, 6.45) is 4.35. The normalized spacial score (nSPS) is 17.0. The van der Waals surface area contributed by atoms with Crippen LogP contribution in [-0.2, 0) is 10.0 Å². The fraction of sp³-hybridized carbons (Fsp3) is 0.308. The lowest BCUT2D eigenvalue weighted by atomic mass is 10.1. The van der Waals surface area contributed by atoms with E-state index in [1.165, 1.54) is 10.3 Å². The molecule has 1 saturated heterocycles. The summed E-state index contributed by atoms with van der Waals surface area (Å²) in [5, 5.41) is 18.0. The Morgan fingerprint density at radius 1 is 1.17 bits per heavy atom. The summed E-state index contributed by atoms with van der Waals surface area (Å²) in [6.45, 7) is 4.25. The van der Waals surface area contributed by atoms with E-state index in [1.807, 2.05) is 30.3 Å². The molecule has 3 N–H and O–H groups in total. The second-order valence-corrected chi connectivity index (χ2v) is 11.3. The number of aliphatic hydroxyl groups is 1. The molecule has 2 unspecified atom stereocenters. The maximum Gasteiger partial charge on any atom is 0.241 e. The molecule has 8 nitrogen and oxygen atoms in total. The van der Waals surface area contributed by atoms with Crippen molar-refractivity contribution in [3.8, 4) is 11.8 Å². The quantitative estimate of drug-likeness (QED) is 0.369. The van der Waals surface area contributed by atoms with Gasteiger partial charge < -0.3 is 15.7 Å². The Balaban J connectivity index is 1.44. The van der Waals surface area contributed by atoms with Gasteiger partial charge in [0.25, 0.3) is 0 Å². The molecule has 0 bridgehead atoms.